The lowest BCUT2D eigenvalue weighted by molar-refractivity contribution is 0.103. The molecule has 100 valence electrons. The normalized spacial score (nSPS) is 10.7. The predicted octanol–water partition coefficient (Wildman–Crippen LogP) is 4.43. The van der Waals surface area contributed by atoms with E-state index in [1.54, 1.807) is 31.4 Å². The van der Waals surface area contributed by atoms with Gasteiger partial charge in [0, 0.05) is 15.4 Å². The first kappa shape index (κ1) is 12.9. The molecule has 0 aliphatic rings. The third kappa shape index (κ3) is 2.23. The van der Waals surface area contributed by atoms with E-state index < -0.39 is 0 Å². The van der Waals surface area contributed by atoms with Gasteiger partial charge in [0.15, 0.2) is 5.78 Å². The lowest BCUT2D eigenvalue weighted by atomic mass is 10.0. The summed E-state index contributed by atoms with van der Waals surface area (Å²) in [6.45, 7) is 0. The van der Waals surface area contributed by atoms with Crippen molar-refractivity contribution in [3.63, 3.8) is 0 Å². The summed E-state index contributed by atoms with van der Waals surface area (Å²) < 4.78 is 11.6. The molecule has 0 N–H and O–H groups in total. The largest absolute Gasteiger partial charge is 0.497 e. The minimum Gasteiger partial charge on any atom is -0.497 e. The fourth-order valence-corrected chi connectivity index (χ4v) is 2.33. The second-order valence-electron chi connectivity index (χ2n) is 4.35. The average Bonchev–Trinajstić information content (AvgIpc) is 2.90. The van der Waals surface area contributed by atoms with Crippen LogP contribution in [0.4, 0.5) is 0 Å². The molecule has 0 spiro atoms. The maximum atomic E-state index is 12.5. The standard InChI is InChI=1S/C16H11BrO3/c1-19-12-6-7-15-13(8-12)14(9-20-15)16(18)10-2-4-11(17)5-3-10/h2-9H,1H3. The molecule has 0 saturated heterocycles. The molecule has 2 aromatic carbocycles. The third-order valence-electron chi connectivity index (χ3n) is 3.13. The first-order valence-corrected chi connectivity index (χ1v) is 6.84. The Hall–Kier alpha value is -2.07. The number of halogens is 1. The van der Waals surface area contributed by atoms with Crippen LogP contribution in [0.1, 0.15) is 15.9 Å². The Morgan fingerprint density at radius 2 is 1.90 bits per heavy atom. The Kier molecular flexibility index (Phi) is 3.32. The maximum absolute atomic E-state index is 12.5. The molecule has 0 atom stereocenters. The van der Waals surface area contributed by atoms with Gasteiger partial charge in [-0.15, -0.1) is 0 Å². The third-order valence-corrected chi connectivity index (χ3v) is 3.66. The second-order valence-corrected chi connectivity index (χ2v) is 5.26. The Morgan fingerprint density at radius 1 is 1.15 bits per heavy atom. The highest BCUT2D eigenvalue weighted by molar-refractivity contribution is 9.10. The monoisotopic (exact) mass is 330 g/mol. The van der Waals surface area contributed by atoms with Crippen molar-refractivity contribution < 1.29 is 13.9 Å². The van der Waals surface area contributed by atoms with E-state index in [2.05, 4.69) is 15.9 Å². The van der Waals surface area contributed by atoms with Crippen molar-refractivity contribution in [3.8, 4) is 5.75 Å². The zero-order chi connectivity index (χ0) is 14.1. The lowest BCUT2D eigenvalue weighted by Crippen LogP contribution is -1.99. The summed E-state index contributed by atoms with van der Waals surface area (Å²) in [5.74, 6) is 0.633. The van der Waals surface area contributed by atoms with E-state index in [1.807, 2.05) is 18.2 Å². The van der Waals surface area contributed by atoms with Gasteiger partial charge in [-0.05, 0) is 42.5 Å². The molecule has 0 bridgehead atoms. The van der Waals surface area contributed by atoms with Crippen molar-refractivity contribution in [2.45, 2.75) is 0 Å². The zero-order valence-electron chi connectivity index (χ0n) is 10.7. The molecule has 3 rings (SSSR count). The van der Waals surface area contributed by atoms with E-state index >= 15 is 0 Å². The van der Waals surface area contributed by atoms with Crippen LogP contribution in [0, 0.1) is 0 Å². The minimum atomic E-state index is -0.0653. The molecule has 20 heavy (non-hydrogen) atoms. The summed E-state index contributed by atoms with van der Waals surface area (Å²) in [6, 6.07) is 12.7. The first-order valence-electron chi connectivity index (χ1n) is 6.04. The molecule has 1 heterocycles. The first-order chi connectivity index (χ1) is 9.69. The van der Waals surface area contributed by atoms with Crippen LogP contribution in [0.15, 0.2) is 57.6 Å². The average molecular weight is 331 g/mol. The van der Waals surface area contributed by atoms with E-state index in [9.17, 15) is 4.79 Å². The fourth-order valence-electron chi connectivity index (χ4n) is 2.07. The van der Waals surface area contributed by atoms with Crippen LogP contribution >= 0.6 is 15.9 Å². The van der Waals surface area contributed by atoms with Crippen molar-refractivity contribution in [2.24, 2.45) is 0 Å². The van der Waals surface area contributed by atoms with E-state index in [0.717, 1.165) is 9.86 Å². The molecule has 3 aromatic rings. The highest BCUT2D eigenvalue weighted by Crippen LogP contribution is 2.27. The summed E-state index contributed by atoms with van der Waals surface area (Å²) in [6.07, 6.45) is 1.49. The molecule has 0 aliphatic heterocycles. The number of carbonyl (C=O) groups is 1. The number of benzene rings is 2. The van der Waals surface area contributed by atoms with Crippen LogP contribution in [0.5, 0.6) is 5.75 Å². The highest BCUT2D eigenvalue weighted by Gasteiger charge is 2.16. The van der Waals surface area contributed by atoms with E-state index in [0.29, 0.717) is 22.5 Å². The molecule has 3 nitrogen and oxygen atoms in total. The molecular formula is C16H11BrO3. The molecule has 0 saturated carbocycles. The number of hydrogen-bond acceptors (Lipinski definition) is 3. The van der Waals surface area contributed by atoms with Crippen molar-refractivity contribution in [1.82, 2.24) is 0 Å². The van der Waals surface area contributed by atoms with Gasteiger partial charge in [0.05, 0.1) is 12.7 Å². The topological polar surface area (TPSA) is 39.4 Å². The van der Waals surface area contributed by atoms with Gasteiger partial charge in [-0.1, -0.05) is 15.9 Å². The van der Waals surface area contributed by atoms with Crippen LogP contribution in [0.2, 0.25) is 0 Å². The number of ether oxygens (including phenoxy) is 1. The molecule has 4 heteroatoms. The minimum absolute atomic E-state index is 0.0653. The number of carbonyl (C=O) groups excluding carboxylic acids is 1. The zero-order valence-corrected chi connectivity index (χ0v) is 12.3. The summed E-state index contributed by atoms with van der Waals surface area (Å²) in [4.78, 5) is 12.5. The summed E-state index contributed by atoms with van der Waals surface area (Å²) in [5, 5.41) is 0.761. The molecule has 0 aliphatic carbocycles. The van der Waals surface area contributed by atoms with E-state index in [1.165, 1.54) is 6.26 Å². The van der Waals surface area contributed by atoms with Gasteiger partial charge in [0.1, 0.15) is 17.6 Å². The van der Waals surface area contributed by atoms with Gasteiger partial charge < -0.3 is 9.15 Å². The van der Waals surface area contributed by atoms with Crippen molar-refractivity contribution in [3.05, 3.63) is 64.3 Å². The smallest absolute Gasteiger partial charge is 0.196 e. The maximum Gasteiger partial charge on any atom is 0.196 e. The quantitative estimate of drug-likeness (QED) is 0.666. The number of fused-ring (bicyclic) bond motifs is 1. The number of methoxy groups -OCH3 is 1. The number of ketones is 1. The lowest BCUT2D eigenvalue weighted by Gasteiger charge is -2.01. The molecule has 0 fully saturated rings. The van der Waals surface area contributed by atoms with Crippen LogP contribution in [-0.4, -0.2) is 12.9 Å². The Morgan fingerprint density at radius 3 is 2.60 bits per heavy atom. The molecular weight excluding hydrogens is 320 g/mol. The number of rotatable bonds is 3. The highest BCUT2D eigenvalue weighted by atomic mass is 79.9. The van der Waals surface area contributed by atoms with Gasteiger partial charge in [-0.2, -0.15) is 0 Å². The van der Waals surface area contributed by atoms with Crippen molar-refractivity contribution in [1.29, 1.82) is 0 Å². The SMILES string of the molecule is COc1ccc2occ(C(=O)c3ccc(Br)cc3)c2c1. The van der Waals surface area contributed by atoms with Gasteiger partial charge in [0.25, 0.3) is 0 Å². The predicted molar refractivity (Wildman–Crippen MR) is 80.3 cm³/mol. The van der Waals surface area contributed by atoms with Gasteiger partial charge in [0.2, 0.25) is 0 Å². The fraction of sp³-hybridized carbons (Fsp3) is 0.0625. The molecule has 0 radical (unpaired) electrons. The molecule has 0 unspecified atom stereocenters. The second kappa shape index (κ2) is 5.13. The van der Waals surface area contributed by atoms with Crippen LogP contribution in [0.25, 0.3) is 11.0 Å². The molecule has 1 aromatic heterocycles. The summed E-state index contributed by atoms with van der Waals surface area (Å²) in [5.41, 5.74) is 1.84. The van der Waals surface area contributed by atoms with Crippen LogP contribution < -0.4 is 4.74 Å². The Balaban J connectivity index is 2.09. The van der Waals surface area contributed by atoms with Crippen molar-refractivity contribution in [2.75, 3.05) is 7.11 Å². The van der Waals surface area contributed by atoms with Crippen LogP contribution in [-0.2, 0) is 0 Å². The van der Waals surface area contributed by atoms with Crippen molar-refractivity contribution >= 4 is 32.7 Å². The van der Waals surface area contributed by atoms with E-state index in [4.69, 9.17) is 9.15 Å². The molecule has 0 amide bonds. The number of hydrogen-bond donors (Lipinski definition) is 0. The Bertz CT molecular complexity index is 772. The van der Waals surface area contributed by atoms with Gasteiger partial charge in [-0.25, -0.2) is 0 Å². The van der Waals surface area contributed by atoms with Gasteiger partial charge in [-0.3, -0.25) is 4.79 Å². The van der Waals surface area contributed by atoms with Crippen LogP contribution in [0.3, 0.4) is 0 Å². The number of furan rings is 1. The summed E-state index contributed by atoms with van der Waals surface area (Å²) >= 11 is 3.36. The van der Waals surface area contributed by atoms with Gasteiger partial charge >= 0.3 is 0 Å². The Labute approximate surface area is 124 Å². The van der Waals surface area contributed by atoms with E-state index in [-0.39, 0.29) is 5.78 Å². The summed E-state index contributed by atoms with van der Waals surface area (Å²) in [7, 11) is 1.59.